The Hall–Kier alpha value is -1.09. The van der Waals surface area contributed by atoms with Gasteiger partial charge in [-0.2, -0.15) is 5.26 Å². The molecule has 0 radical (unpaired) electrons. The highest BCUT2D eigenvalue weighted by Crippen LogP contribution is 2.20. The number of nitrogen functional groups attached to an aromatic ring is 1. The number of rotatable bonds is 1. The minimum absolute atomic E-state index is 0.137. The number of nitriles is 1. The molecule has 0 aliphatic carbocycles. The molecule has 1 rings (SSSR count). The number of ketones is 1. The third-order valence-electron chi connectivity index (χ3n) is 1.62. The Morgan fingerprint density at radius 1 is 1.62 bits per heavy atom. The standard InChI is InChI=1S/C9H7IN2O/c1-5(13)7-2-6(10)3-9(12)8(7)4-11/h2-3H,12H2,1H3. The maximum absolute atomic E-state index is 11.1. The summed E-state index contributed by atoms with van der Waals surface area (Å²) in [4.78, 5) is 11.1. The molecule has 2 N–H and O–H groups in total. The SMILES string of the molecule is CC(=O)c1cc(I)cc(N)c1C#N. The summed E-state index contributed by atoms with van der Waals surface area (Å²) in [5.41, 5.74) is 6.62. The zero-order chi connectivity index (χ0) is 10.0. The van der Waals surface area contributed by atoms with E-state index in [-0.39, 0.29) is 11.3 Å². The van der Waals surface area contributed by atoms with E-state index in [4.69, 9.17) is 11.0 Å². The van der Waals surface area contributed by atoms with Gasteiger partial charge in [-0.15, -0.1) is 0 Å². The van der Waals surface area contributed by atoms with Gasteiger partial charge in [-0.05, 0) is 41.6 Å². The maximum atomic E-state index is 11.1. The number of benzene rings is 1. The molecule has 0 heterocycles. The summed E-state index contributed by atoms with van der Waals surface area (Å²) in [6, 6.07) is 5.26. The lowest BCUT2D eigenvalue weighted by molar-refractivity contribution is 0.101. The van der Waals surface area contributed by atoms with E-state index >= 15 is 0 Å². The van der Waals surface area contributed by atoms with Gasteiger partial charge in [-0.1, -0.05) is 0 Å². The molecule has 3 nitrogen and oxygen atoms in total. The highest BCUT2D eigenvalue weighted by Gasteiger charge is 2.10. The highest BCUT2D eigenvalue weighted by atomic mass is 127. The Bertz CT molecular complexity index is 407. The topological polar surface area (TPSA) is 66.9 Å². The Morgan fingerprint density at radius 3 is 2.69 bits per heavy atom. The predicted octanol–water partition coefficient (Wildman–Crippen LogP) is 1.95. The van der Waals surface area contributed by atoms with Gasteiger partial charge in [0.15, 0.2) is 5.78 Å². The Balaban J connectivity index is 3.50. The summed E-state index contributed by atoms with van der Waals surface area (Å²) in [6.45, 7) is 1.42. The first-order chi connectivity index (χ1) is 6.06. The Labute approximate surface area is 89.7 Å². The van der Waals surface area contributed by atoms with Gasteiger partial charge in [0.25, 0.3) is 0 Å². The number of Topliss-reactive ketones (excluding diaryl/α,β-unsaturated/α-hetero) is 1. The molecule has 1 aromatic rings. The molecular weight excluding hydrogens is 279 g/mol. The van der Waals surface area contributed by atoms with Crippen LogP contribution in [-0.2, 0) is 0 Å². The molecule has 0 aliphatic rings. The first kappa shape index (κ1) is 9.99. The molecule has 1 aromatic carbocycles. The van der Waals surface area contributed by atoms with Crippen LogP contribution in [0.4, 0.5) is 5.69 Å². The predicted molar refractivity (Wildman–Crippen MR) is 58.3 cm³/mol. The number of hydrogen-bond acceptors (Lipinski definition) is 3. The van der Waals surface area contributed by atoms with Crippen molar-refractivity contribution < 1.29 is 4.79 Å². The molecule has 0 aromatic heterocycles. The van der Waals surface area contributed by atoms with Crippen LogP contribution in [0.3, 0.4) is 0 Å². The van der Waals surface area contributed by atoms with Crippen molar-refractivity contribution in [2.24, 2.45) is 0 Å². The summed E-state index contributed by atoms with van der Waals surface area (Å²) in [5.74, 6) is -0.137. The Morgan fingerprint density at radius 2 is 2.23 bits per heavy atom. The van der Waals surface area contributed by atoms with Crippen LogP contribution in [0.15, 0.2) is 12.1 Å². The van der Waals surface area contributed by atoms with Gasteiger partial charge in [-0.25, -0.2) is 0 Å². The van der Waals surface area contributed by atoms with Crippen molar-refractivity contribution >= 4 is 34.1 Å². The normalized spacial score (nSPS) is 9.31. The van der Waals surface area contributed by atoms with Gasteiger partial charge in [0, 0.05) is 9.13 Å². The van der Waals surface area contributed by atoms with Crippen molar-refractivity contribution in [3.05, 3.63) is 26.8 Å². The summed E-state index contributed by atoms with van der Waals surface area (Å²) in [5, 5.41) is 8.75. The number of halogens is 1. The third kappa shape index (κ3) is 1.98. The molecule has 0 amide bonds. The van der Waals surface area contributed by atoms with Gasteiger partial charge in [-0.3, -0.25) is 4.79 Å². The number of anilines is 1. The molecule has 0 unspecified atom stereocenters. The third-order valence-corrected chi connectivity index (χ3v) is 2.25. The highest BCUT2D eigenvalue weighted by molar-refractivity contribution is 14.1. The average molecular weight is 286 g/mol. The van der Waals surface area contributed by atoms with Crippen LogP contribution in [-0.4, -0.2) is 5.78 Å². The van der Waals surface area contributed by atoms with E-state index in [1.54, 1.807) is 12.1 Å². The molecule has 0 saturated carbocycles. The van der Waals surface area contributed by atoms with E-state index in [0.717, 1.165) is 3.57 Å². The molecule has 0 spiro atoms. The quantitative estimate of drug-likeness (QED) is 0.487. The molecule has 0 atom stereocenters. The second-order valence-corrected chi connectivity index (χ2v) is 3.83. The number of hydrogen-bond donors (Lipinski definition) is 1. The fourth-order valence-corrected chi connectivity index (χ4v) is 1.68. The van der Waals surface area contributed by atoms with Crippen LogP contribution in [0.25, 0.3) is 0 Å². The van der Waals surface area contributed by atoms with E-state index < -0.39 is 0 Å². The van der Waals surface area contributed by atoms with Crippen LogP contribution < -0.4 is 5.73 Å². The van der Waals surface area contributed by atoms with Crippen LogP contribution in [0, 0.1) is 14.9 Å². The maximum Gasteiger partial charge on any atom is 0.161 e. The Kier molecular flexibility index (Phi) is 2.88. The van der Waals surface area contributed by atoms with Crippen LogP contribution in [0.1, 0.15) is 22.8 Å². The lowest BCUT2D eigenvalue weighted by Gasteiger charge is -2.03. The van der Waals surface area contributed by atoms with Crippen LogP contribution >= 0.6 is 22.6 Å². The molecule has 13 heavy (non-hydrogen) atoms. The van der Waals surface area contributed by atoms with Crippen molar-refractivity contribution in [2.75, 3.05) is 5.73 Å². The van der Waals surface area contributed by atoms with Gasteiger partial charge in [0.05, 0.1) is 11.3 Å². The molecule has 0 aliphatic heterocycles. The minimum Gasteiger partial charge on any atom is -0.398 e. The molecule has 4 heteroatoms. The summed E-state index contributed by atoms with van der Waals surface area (Å²) in [6.07, 6.45) is 0. The number of nitrogens with zero attached hydrogens (tertiary/aromatic N) is 1. The van der Waals surface area contributed by atoms with Crippen LogP contribution in [0.2, 0.25) is 0 Å². The van der Waals surface area contributed by atoms with Gasteiger partial charge in [0.2, 0.25) is 0 Å². The lowest BCUT2D eigenvalue weighted by atomic mass is 10.0. The van der Waals surface area contributed by atoms with Gasteiger partial charge in [0.1, 0.15) is 6.07 Å². The van der Waals surface area contributed by atoms with Crippen molar-refractivity contribution in [3.8, 4) is 6.07 Å². The van der Waals surface area contributed by atoms with Crippen LogP contribution in [0.5, 0.6) is 0 Å². The largest absolute Gasteiger partial charge is 0.398 e. The zero-order valence-corrected chi connectivity index (χ0v) is 9.12. The summed E-state index contributed by atoms with van der Waals surface area (Å²) < 4.78 is 0.860. The average Bonchev–Trinajstić information content (AvgIpc) is 2.02. The molecule has 0 fully saturated rings. The first-order valence-electron chi connectivity index (χ1n) is 3.56. The van der Waals surface area contributed by atoms with E-state index in [1.807, 2.05) is 6.07 Å². The van der Waals surface area contributed by atoms with Crippen molar-refractivity contribution in [1.82, 2.24) is 0 Å². The van der Waals surface area contributed by atoms with E-state index in [2.05, 4.69) is 22.6 Å². The fraction of sp³-hybridized carbons (Fsp3) is 0.111. The molecule has 66 valence electrons. The van der Waals surface area contributed by atoms with E-state index in [0.29, 0.717) is 11.3 Å². The van der Waals surface area contributed by atoms with Crippen molar-refractivity contribution in [2.45, 2.75) is 6.92 Å². The number of nitrogens with two attached hydrogens (primary N) is 1. The van der Waals surface area contributed by atoms with Crippen molar-refractivity contribution in [3.63, 3.8) is 0 Å². The fourth-order valence-electron chi connectivity index (χ4n) is 1.03. The molecule has 0 bridgehead atoms. The van der Waals surface area contributed by atoms with E-state index in [9.17, 15) is 4.79 Å². The summed E-state index contributed by atoms with van der Waals surface area (Å²) in [7, 11) is 0. The summed E-state index contributed by atoms with van der Waals surface area (Å²) >= 11 is 2.06. The van der Waals surface area contributed by atoms with Gasteiger partial charge >= 0.3 is 0 Å². The smallest absolute Gasteiger partial charge is 0.161 e. The van der Waals surface area contributed by atoms with E-state index in [1.165, 1.54) is 6.92 Å². The molecule has 0 saturated heterocycles. The second-order valence-electron chi connectivity index (χ2n) is 2.59. The lowest BCUT2D eigenvalue weighted by Crippen LogP contribution is -2.02. The minimum atomic E-state index is -0.137. The molecular formula is C9H7IN2O. The number of carbonyl (C=O) groups is 1. The monoisotopic (exact) mass is 286 g/mol. The zero-order valence-electron chi connectivity index (χ0n) is 6.97. The van der Waals surface area contributed by atoms with Crippen molar-refractivity contribution in [1.29, 1.82) is 5.26 Å². The van der Waals surface area contributed by atoms with Gasteiger partial charge < -0.3 is 5.73 Å². The number of carbonyl (C=O) groups excluding carboxylic acids is 1. The first-order valence-corrected chi connectivity index (χ1v) is 4.64. The second kappa shape index (κ2) is 3.75.